The van der Waals surface area contributed by atoms with Gasteiger partial charge in [0.15, 0.2) is 0 Å². The number of aromatic nitrogens is 2. The van der Waals surface area contributed by atoms with Crippen LogP contribution in [0.25, 0.3) is 0 Å². The van der Waals surface area contributed by atoms with Gasteiger partial charge in [-0.3, -0.25) is 4.79 Å². The summed E-state index contributed by atoms with van der Waals surface area (Å²) in [5.41, 5.74) is 0.141. The summed E-state index contributed by atoms with van der Waals surface area (Å²) >= 11 is 7.94. The van der Waals surface area contributed by atoms with Gasteiger partial charge in [-0.1, -0.05) is 30.4 Å². The molecule has 0 bridgehead atoms. The van der Waals surface area contributed by atoms with Crippen LogP contribution in [0.15, 0.2) is 11.0 Å². The van der Waals surface area contributed by atoms with Crippen LogP contribution in [0.5, 0.6) is 0 Å². The van der Waals surface area contributed by atoms with Crippen LogP contribution in [0, 0.1) is 12.3 Å². The summed E-state index contributed by atoms with van der Waals surface area (Å²) in [6.07, 6.45) is 13.6. The number of thioether (sulfide) groups is 1. The second kappa shape index (κ2) is 6.55. The Bertz CT molecular complexity index is 573. The normalized spacial score (nSPS) is 16.9. The quantitative estimate of drug-likeness (QED) is 0.849. The molecule has 1 saturated carbocycles. The zero-order valence-corrected chi connectivity index (χ0v) is 13.1. The van der Waals surface area contributed by atoms with Crippen molar-refractivity contribution in [3.63, 3.8) is 0 Å². The van der Waals surface area contributed by atoms with Gasteiger partial charge < -0.3 is 5.32 Å². The predicted molar refractivity (Wildman–Crippen MR) is 85.5 cm³/mol. The van der Waals surface area contributed by atoms with Crippen LogP contribution in [-0.4, -0.2) is 27.3 Å². The number of halogens is 1. The van der Waals surface area contributed by atoms with Crippen molar-refractivity contribution in [2.45, 2.75) is 37.0 Å². The van der Waals surface area contributed by atoms with Crippen molar-refractivity contribution >= 4 is 29.1 Å². The maximum atomic E-state index is 12.2. The summed E-state index contributed by atoms with van der Waals surface area (Å²) in [6.45, 7) is 0.890. The molecule has 1 fully saturated rings. The number of hydrogen-bond donors (Lipinski definition) is 1. The predicted octanol–water partition coefficient (Wildman–Crippen LogP) is 2.62. The Kier molecular flexibility index (Phi) is 5.00. The summed E-state index contributed by atoms with van der Waals surface area (Å²) in [5.74, 6) is 2.41. The maximum absolute atomic E-state index is 12.2. The standard InChI is InChI=1S/C14H18ClN3OS/c1-3-8-18-13(19)12(11(15)9-17-18)16-10-14(20-2)6-4-5-7-14/h1,9,16H,4-8,10H2,2H3. The molecule has 0 radical (unpaired) electrons. The molecule has 1 N–H and O–H groups in total. The first kappa shape index (κ1) is 15.3. The topological polar surface area (TPSA) is 46.9 Å². The van der Waals surface area contributed by atoms with Gasteiger partial charge in [-0.05, 0) is 19.1 Å². The number of rotatable bonds is 5. The molecule has 1 heterocycles. The highest BCUT2D eigenvalue weighted by Crippen LogP contribution is 2.40. The summed E-state index contributed by atoms with van der Waals surface area (Å²) in [4.78, 5) is 12.2. The van der Waals surface area contributed by atoms with Crippen LogP contribution < -0.4 is 10.9 Å². The lowest BCUT2D eigenvalue weighted by atomic mass is 10.1. The first-order valence-corrected chi connectivity index (χ1v) is 8.20. The van der Waals surface area contributed by atoms with Crippen molar-refractivity contribution in [1.82, 2.24) is 9.78 Å². The van der Waals surface area contributed by atoms with E-state index in [9.17, 15) is 4.79 Å². The number of terminal acetylenes is 1. The molecular formula is C14H18ClN3OS. The lowest BCUT2D eigenvalue weighted by molar-refractivity contribution is 0.632. The minimum atomic E-state index is -0.260. The van der Waals surface area contributed by atoms with Gasteiger partial charge in [-0.25, -0.2) is 4.68 Å². The molecule has 1 aromatic rings. The summed E-state index contributed by atoms with van der Waals surface area (Å²) in [7, 11) is 0. The fourth-order valence-corrected chi connectivity index (χ4v) is 3.65. The van der Waals surface area contributed by atoms with Crippen LogP contribution >= 0.6 is 23.4 Å². The van der Waals surface area contributed by atoms with E-state index in [1.807, 2.05) is 11.8 Å². The Morgan fingerprint density at radius 3 is 2.90 bits per heavy atom. The summed E-state index contributed by atoms with van der Waals surface area (Å²) in [5, 5.41) is 7.49. The average molecular weight is 312 g/mol. The first-order valence-electron chi connectivity index (χ1n) is 6.60. The minimum absolute atomic E-state index is 0.151. The summed E-state index contributed by atoms with van der Waals surface area (Å²) in [6, 6.07) is 0. The molecule has 2 rings (SSSR count). The van der Waals surface area contributed by atoms with Gasteiger partial charge in [0.1, 0.15) is 12.2 Å². The second-order valence-electron chi connectivity index (χ2n) is 4.98. The van der Waals surface area contributed by atoms with Crippen molar-refractivity contribution in [2.75, 3.05) is 18.1 Å². The van der Waals surface area contributed by atoms with E-state index in [0.29, 0.717) is 10.7 Å². The average Bonchev–Trinajstić information content (AvgIpc) is 2.91. The molecule has 108 valence electrons. The fourth-order valence-electron chi connectivity index (χ4n) is 2.55. The molecule has 0 amide bonds. The van der Waals surface area contributed by atoms with E-state index in [2.05, 4.69) is 22.6 Å². The number of anilines is 1. The van der Waals surface area contributed by atoms with Crippen LogP contribution in [0.1, 0.15) is 25.7 Å². The van der Waals surface area contributed by atoms with Gasteiger partial charge >= 0.3 is 0 Å². The number of nitrogens with zero attached hydrogens (tertiary/aromatic N) is 2. The smallest absolute Gasteiger partial charge is 0.292 e. The molecule has 0 unspecified atom stereocenters. The fraction of sp³-hybridized carbons (Fsp3) is 0.571. The van der Waals surface area contributed by atoms with E-state index in [-0.39, 0.29) is 16.9 Å². The van der Waals surface area contributed by atoms with Crippen LogP contribution in [0.3, 0.4) is 0 Å². The molecular weight excluding hydrogens is 294 g/mol. The zero-order chi connectivity index (χ0) is 14.6. The van der Waals surface area contributed by atoms with Crippen LogP contribution in [0.2, 0.25) is 5.02 Å². The Morgan fingerprint density at radius 1 is 1.60 bits per heavy atom. The van der Waals surface area contributed by atoms with Crippen molar-refractivity contribution in [3.8, 4) is 12.3 Å². The number of hydrogen-bond acceptors (Lipinski definition) is 4. The van der Waals surface area contributed by atoms with E-state index in [1.165, 1.54) is 36.6 Å². The third-order valence-electron chi connectivity index (χ3n) is 3.77. The van der Waals surface area contributed by atoms with E-state index in [1.54, 1.807) is 0 Å². The van der Waals surface area contributed by atoms with E-state index in [0.717, 1.165) is 6.54 Å². The highest BCUT2D eigenvalue weighted by molar-refractivity contribution is 8.00. The van der Waals surface area contributed by atoms with E-state index < -0.39 is 0 Å². The monoisotopic (exact) mass is 311 g/mol. The Balaban J connectivity index is 2.19. The molecule has 1 aromatic heterocycles. The van der Waals surface area contributed by atoms with Gasteiger partial charge in [0, 0.05) is 11.3 Å². The van der Waals surface area contributed by atoms with Crippen molar-refractivity contribution in [3.05, 3.63) is 21.6 Å². The molecule has 1 aliphatic carbocycles. The zero-order valence-electron chi connectivity index (χ0n) is 11.5. The Labute approximate surface area is 128 Å². The molecule has 4 nitrogen and oxygen atoms in total. The molecule has 0 spiro atoms. The van der Waals surface area contributed by atoms with Crippen molar-refractivity contribution in [2.24, 2.45) is 0 Å². The Hall–Kier alpha value is -1.12. The van der Waals surface area contributed by atoms with Crippen molar-refractivity contribution in [1.29, 1.82) is 0 Å². The first-order chi connectivity index (χ1) is 9.62. The maximum Gasteiger partial charge on any atom is 0.292 e. The van der Waals surface area contributed by atoms with Gasteiger partial charge in [-0.2, -0.15) is 16.9 Å². The second-order valence-corrected chi connectivity index (χ2v) is 6.66. The van der Waals surface area contributed by atoms with Gasteiger partial charge in [0.05, 0.1) is 11.2 Å². The van der Waals surface area contributed by atoms with Gasteiger partial charge in [0.25, 0.3) is 5.56 Å². The molecule has 1 aliphatic rings. The largest absolute Gasteiger partial charge is 0.378 e. The minimum Gasteiger partial charge on any atom is -0.378 e. The lowest BCUT2D eigenvalue weighted by Crippen LogP contribution is -2.33. The van der Waals surface area contributed by atoms with Crippen LogP contribution in [-0.2, 0) is 6.54 Å². The molecule has 0 aliphatic heterocycles. The van der Waals surface area contributed by atoms with Gasteiger partial charge in [0.2, 0.25) is 0 Å². The van der Waals surface area contributed by atoms with Crippen molar-refractivity contribution < 1.29 is 0 Å². The molecule has 0 saturated heterocycles. The van der Waals surface area contributed by atoms with E-state index in [4.69, 9.17) is 18.0 Å². The number of nitrogens with one attached hydrogen (secondary N) is 1. The lowest BCUT2D eigenvalue weighted by Gasteiger charge is -2.27. The third-order valence-corrected chi connectivity index (χ3v) is 5.48. The highest BCUT2D eigenvalue weighted by atomic mass is 35.5. The molecule has 0 atom stereocenters. The summed E-state index contributed by atoms with van der Waals surface area (Å²) < 4.78 is 1.45. The third kappa shape index (κ3) is 3.13. The van der Waals surface area contributed by atoms with Gasteiger partial charge in [-0.15, -0.1) is 6.42 Å². The molecule has 20 heavy (non-hydrogen) atoms. The van der Waals surface area contributed by atoms with E-state index >= 15 is 0 Å². The highest BCUT2D eigenvalue weighted by Gasteiger charge is 2.33. The Morgan fingerprint density at radius 2 is 2.30 bits per heavy atom. The molecule has 0 aromatic carbocycles. The molecule has 6 heteroatoms. The van der Waals surface area contributed by atoms with Crippen LogP contribution in [0.4, 0.5) is 5.69 Å². The SMILES string of the molecule is C#CCn1ncc(Cl)c(NCC2(SC)CCCC2)c1=O.